The molecule has 21 heavy (non-hydrogen) atoms. The molecule has 1 aliphatic heterocycles. The number of halogens is 1. The summed E-state index contributed by atoms with van der Waals surface area (Å²) >= 11 is 0. The van der Waals surface area contributed by atoms with Crippen LogP contribution in [-0.2, 0) is 16.6 Å². The van der Waals surface area contributed by atoms with E-state index >= 15 is 0 Å². The van der Waals surface area contributed by atoms with E-state index < -0.39 is 10.2 Å². The average Bonchev–Trinajstić information content (AvgIpc) is 2.47. The van der Waals surface area contributed by atoms with Crippen LogP contribution in [0.15, 0.2) is 24.3 Å². The van der Waals surface area contributed by atoms with Crippen LogP contribution in [0.3, 0.4) is 0 Å². The van der Waals surface area contributed by atoms with Crippen molar-refractivity contribution in [3.63, 3.8) is 0 Å². The number of nitrogens with zero attached hydrogens (tertiary/aromatic N) is 1. The Kier molecular flexibility index (Phi) is 5.69. The zero-order valence-electron chi connectivity index (χ0n) is 11.8. The second-order valence-corrected chi connectivity index (χ2v) is 7.06. The van der Waals surface area contributed by atoms with Gasteiger partial charge in [0, 0.05) is 26.2 Å². The number of hydrogen-bond acceptors (Lipinski definition) is 3. The molecule has 0 saturated carbocycles. The molecule has 2 rings (SSSR count). The lowest BCUT2D eigenvalue weighted by molar-refractivity contribution is 0.169. The summed E-state index contributed by atoms with van der Waals surface area (Å²) in [4.78, 5) is 0. The Bertz CT molecular complexity index is 557. The maximum absolute atomic E-state index is 13.0. The smallest absolute Gasteiger partial charge is 0.279 e. The van der Waals surface area contributed by atoms with Gasteiger partial charge in [0.25, 0.3) is 10.2 Å². The zero-order valence-corrected chi connectivity index (χ0v) is 12.7. The molecule has 0 unspecified atom stereocenters. The summed E-state index contributed by atoms with van der Waals surface area (Å²) in [7, 11) is -3.49. The molecule has 2 N–H and O–H groups in total. The van der Waals surface area contributed by atoms with Crippen LogP contribution >= 0.6 is 0 Å². The largest absolute Gasteiger partial charge is 0.396 e. The predicted molar refractivity (Wildman–Crippen MR) is 78.4 cm³/mol. The van der Waals surface area contributed by atoms with Crippen LogP contribution in [0.25, 0.3) is 0 Å². The topological polar surface area (TPSA) is 69.6 Å². The Labute approximate surface area is 125 Å². The van der Waals surface area contributed by atoms with Crippen LogP contribution in [-0.4, -0.2) is 44.1 Å². The predicted octanol–water partition coefficient (Wildman–Crippen LogP) is 0.907. The first-order valence-electron chi connectivity index (χ1n) is 7.11. The molecule has 0 radical (unpaired) electrons. The van der Waals surface area contributed by atoms with Gasteiger partial charge in [0.05, 0.1) is 0 Å². The molecule has 0 bridgehead atoms. The van der Waals surface area contributed by atoms with Gasteiger partial charge in [0.15, 0.2) is 0 Å². The number of nitrogens with one attached hydrogen (secondary N) is 1. The molecule has 1 heterocycles. The third kappa shape index (κ3) is 4.74. The monoisotopic (exact) mass is 316 g/mol. The Morgan fingerprint density at radius 3 is 2.67 bits per heavy atom. The van der Waals surface area contributed by atoms with Crippen molar-refractivity contribution in [1.82, 2.24) is 9.03 Å². The summed E-state index contributed by atoms with van der Waals surface area (Å²) in [5, 5.41) is 9.06. The molecule has 1 aliphatic rings. The van der Waals surface area contributed by atoms with Crippen molar-refractivity contribution >= 4 is 10.2 Å². The van der Waals surface area contributed by atoms with Gasteiger partial charge in [0.2, 0.25) is 0 Å². The van der Waals surface area contributed by atoms with Gasteiger partial charge in [-0.1, -0.05) is 12.1 Å². The van der Waals surface area contributed by atoms with E-state index in [1.807, 2.05) is 0 Å². The van der Waals surface area contributed by atoms with Gasteiger partial charge in [-0.2, -0.15) is 12.7 Å². The first-order chi connectivity index (χ1) is 10.0. The maximum atomic E-state index is 13.0. The van der Waals surface area contributed by atoms with Gasteiger partial charge in [-0.3, -0.25) is 0 Å². The minimum atomic E-state index is -3.49. The standard InChI is InChI=1S/C14H21FN2O3S/c15-14-3-1-2-12(10-14)4-7-16-21(19,20)17-8-5-13(11-18)6-9-17/h1-3,10,13,16,18H,4-9,11H2. The molecule has 0 aliphatic carbocycles. The highest BCUT2D eigenvalue weighted by Crippen LogP contribution is 2.18. The summed E-state index contributed by atoms with van der Waals surface area (Å²) in [5.74, 6) is -0.120. The summed E-state index contributed by atoms with van der Waals surface area (Å²) < 4.78 is 41.2. The van der Waals surface area contributed by atoms with Crippen molar-refractivity contribution in [3.05, 3.63) is 35.6 Å². The minimum Gasteiger partial charge on any atom is -0.396 e. The summed E-state index contributed by atoms with van der Waals surface area (Å²) in [6.07, 6.45) is 1.81. The SMILES string of the molecule is O=S(=O)(NCCc1cccc(F)c1)N1CCC(CO)CC1. The maximum Gasteiger partial charge on any atom is 0.279 e. The average molecular weight is 316 g/mol. The molecule has 1 aromatic carbocycles. The third-order valence-corrected chi connectivity index (χ3v) is 5.37. The number of hydrogen-bond donors (Lipinski definition) is 2. The third-order valence-electron chi connectivity index (χ3n) is 3.76. The van der Waals surface area contributed by atoms with Crippen molar-refractivity contribution in [2.45, 2.75) is 19.3 Å². The Morgan fingerprint density at radius 2 is 2.05 bits per heavy atom. The van der Waals surface area contributed by atoms with E-state index in [4.69, 9.17) is 5.11 Å². The van der Waals surface area contributed by atoms with E-state index in [2.05, 4.69) is 4.72 Å². The van der Waals surface area contributed by atoms with Crippen molar-refractivity contribution in [1.29, 1.82) is 0 Å². The molecule has 1 aromatic rings. The molecule has 7 heteroatoms. The molecule has 1 fully saturated rings. The van der Waals surface area contributed by atoms with Crippen molar-refractivity contribution in [2.75, 3.05) is 26.2 Å². The van der Waals surface area contributed by atoms with Crippen molar-refractivity contribution in [2.24, 2.45) is 5.92 Å². The molecule has 0 atom stereocenters. The summed E-state index contributed by atoms with van der Waals surface area (Å²) in [6.45, 7) is 1.22. The first kappa shape index (κ1) is 16.4. The highest BCUT2D eigenvalue weighted by Gasteiger charge is 2.27. The molecule has 5 nitrogen and oxygen atoms in total. The van der Waals surface area contributed by atoms with Crippen LogP contribution in [0.1, 0.15) is 18.4 Å². The van der Waals surface area contributed by atoms with Gasteiger partial charge in [-0.25, -0.2) is 9.11 Å². The lowest BCUT2D eigenvalue weighted by Crippen LogP contribution is -2.45. The van der Waals surface area contributed by atoms with Gasteiger partial charge >= 0.3 is 0 Å². The van der Waals surface area contributed by atoms with Crippen LogP contribution in [0.4, 0.5) is 4.39 Å². The Morgan fingerprint density at radius 1 is 1.33 bits per heavy atom. The number of rotatable bonds is 6. The number of piperidine rings is 1. The van der Waals surface area contributed by atoms with E-state index in [1.165, 1.54) is 16.4 Å². The lowest BCUT2D eigenvalue weighted by Gasteiger charge is -2.30. The van der Waals surface area contributed by atoms with Crippen LogP contribution < -0.4 is 4.72 Å². The minimum absolute atomic E-state index is 0.112. The van der Waals surface area contributed by atoms with E-state index in [1.54, 1.807) is 12.1 Å². The normalized spacial score (nSPS) is 18.0. The van der Waals surface area contributed by atoms with E-state index in [9.17, 15) is 12.8 Å². The second kappa shape index (κ2) is 7.31. The number of benzene rings is 1. The zero-order chi connectivity index (χ0) is 15.3. The van der Waals surface area contributed by atoms with E-state index in [0.717, 1.165) is 5.56 Å². The van der Waals surface area contributed by atoms with Crippen molar-refractivity contribution < 1.29 is 17.9 Å². The van der Waals surface area contributed by atoms with Gasteiger partial charge in [-0.15, -0.1) is 0 Å². The second-order valence-electron chi connectivity index (χ2n) is 5.30. The van der Waals surface area contributed by atoms with Gasteiger partial charge in [-0.05, 0) is 42.9 Å². The Hall–Kier alpha value is -1.02. The van der Waals surface area contributed by atoms with E-state index in [-0.39, 0.29) is 24.9 Å². The molecular formula is C14H21FN2O3S. The fourth-order valence-corrected chi connectivity index (χ4v) is 3.67. The molecule has 0 amide bonds. The molecule has 0 aromatic heterocycles. The molecule has 118 valence electrons. The highest BCUT2D eigenvalue weighted by molar-refractivity contribution is 7.87. The molecular weight excluding hydrogens is 295 g/mol. The van der Waals surface area contributed by atoms with Crippen LogP contribution in [0, 0.1) is 11.7 Å². The van der Waals surface area contributed by atoms with Crippen LogP contribution in [0.2, 0.25) is 0 Å². The van der Waals surface area contributed by atoms with Crippen LogP contribution in [0.5, 0.6) is 0 Å². The summed E-state index contributed by atoms with van der Waals surface area (Å²) in [5.41, 5.74) is 0.761. The lowest BCUT2D eigenvalue weighted by atomic mass is 10.00. The molecule has 1 saturated heterocycles. The quantitative estimate of drug-likeness (QED) is 0.819. The first-order valence-corrected chi connectivity index (χ1v) is 8.55. The van der Waals surface area contributed by atoms with Gasteiger partial charge in [0.1, 0.15) is 5.82 Å². The van der Waals surface area contributed by atoms with Crippen molar-refractivity contribution in [3.8, 4) is 0 Å². The fourth-order valence-electron chi connectivity index (χ4n) is 2.44. The van der Waals surface area contributed by atoms with E-state index in [0.29, 0.717) is 32.4 Å². The van der Waals surface area contributed by atoms with Gasteiger partial charge < -0.3 is 5.11 Å². The molecule has 0 spiro atoms. The summed E-state index contributed by atoms with van der Waals surface area (Å²) in [6, 6.07) is 6.14. The number of aliphatic hydroxyl groups excluding tert-OH is 1. The highest BCUT2D eigenvalue weighted by atomic mass is 32.2. The fraction of sp³-hybridized carbons (Fsp3) is 0.571. The Balaban J connectivity index is 1.82. The number of aliphatic hydroxyl groups is 1.